The monoisotopic (exact) mass is 390 g/mol. The van der Waals surface area contributed by atoms with Crippen molar-refractivity contribution >= 4 is 34.1 Å². The van der Waals surface area contributed by atoms with Crippen molar-refractivity contribution in [3.05, 3.63) is 54.4 Å². The van der Waals surface area contributed by atoms with Crippen LogP contribution in [0, 0.1) is 6.92 Å². The van der Waals surface area contributed by atoms with E-state index in [4.69, 9.17) is 0 Å². The summed E-state index contributed by atoms with van der Waals surface area (Å²) in [4.78, 5) is 23.4. The van der Waals surface area contributed by atoms with Gasteiger partial charge in [-0.15, -0.1) is 0 Å². The Labute approximate surface area is 170 Å². The maximum absolute atomic E-state index is 12.2. The molecule has 2 amide bonds. The zero-order valence-electron chi connectivity index (χ0n) is 16.6. The van der Waals surface area contributed by atoms with Crippen molar-refractivity contribution in [1.82, 2.24) is 15.3 Å². The fraction of sp³-hybridized carbons (Fsp3) is 0.318. The highest BCUT2D eigenvalue weighted by molar-refractivity contribution is 5.93. The van der Waals surface area contributed by atoms with E-state index in [0.717, 1.165) is 47.0 Å². The van der Waals surface area contributed by atoms with Gasteiger partial charge in [-0.1, -0.05) is 30.3 Å². The predicted octanol–water partition coefficient (Wildman–Crippen LogP) is 3.77. The van der Waals surface area contributed by atoms with E-state index >= 15 is 0 Å². The summed E-state index contributed by atoms with van der Waals surface area (Å²) in [7, 11) is 0. The average Bonchev–Trinajstić information content (AvgIpc) is 3.26. The molecule has 3 N–H and O–H groups in total. The number of nitrogens with one attached hydrogen (secondary N) is 3. The first-order valence-corrected chi connectivity index (χ1v) is 10.1. The number of hydrogen-bond donors (Lipinski definition) is 3. The molecule has 3 aromatic rings. The van der Waals surface area contributed by atoms with Crippen molar-refractivity contribution in [1.29, 1.82) is 0 Å². The highest BCUT2D eigenvalue weighted by Crippen LogP contribution is 2.20. The second-order valence-electron chi connectivity index (χ2n) is 7.22. The molecule has 2 heterocycles. The van der Waals surface area contributed by atoms with E-state index in [-0.39, 0.29) is 6.03 Å². The standard InChI is InChI=1S/C22H26N6O/c1-16-25-20(15-21(26-16)28-12-4-5-13-28)23-10-11-24-22(29)27-19-9-8-17-6-2-3-7-18(17)14-19/h2-3,6-9,14-15H,4-5,10-13H2,1H3,(H,23,25,26)(H2,24,27,29). The molecule has 1 aliphatic rings. The number of benzene rings is 2. The molecule has 2 aromatic carbocycles. The second kappa shape index (κ2) is 8.77. The van der Waals surface area contributed by atoms with Gasteiger partial charge in [0.2, 0.25) is 0 Å². The normalized spacial score (nSPS) is 13.5. The number of urea groups is 1. The highest BCUT2D eigenvalue weighted by atomic mass is 16.2. The van der Waals surface area contributed by atoms with E-state index in [0.29, 0.717) is 13.1 Å². The van der Waals surface area contributed by atoms with Gasteiger partial charge in [0.1, 0.15) is 17.5 Å². The summed E-state index contributed by atoms with van der Waals surface area (Å²) in [5.41, 5.74) is 0.774. The summed E-state index contributed by atoms with van der Waals surface area (Å²) in [6.45, 7) is 5.07. The molecule has 1 fully saturated rings. The minimum atomic E-state index is -0.223. The van der Waals surface area contributed by atoms with Crippen LogP contribution in [0.4, 0.5) is 22.1 Å². The Balaban J connectivity index is 1.26. The molecule has 150 valence electrons. The lowest BCUT2D eigenvalue weighted by molar-refractivity contribution is 0.252. The lowest BCUT2D eigenvalue weighted by Crippen LogP contribution is -2.32. The molecule has 0 radical (unpaired) electrons. The molecule has 0 saturated carbocycles. The molecule has 1 aromatic heterocycles. The zero-order chi connectivity index (χ0) is 20.1. The number of rotatable bonds is 6. The Hall–Kier alpha value is -3.35. The van der Waals surface area contributed by atoms with Gasteiger partial charge in [0, 0.05) is 37.9 Å². The summed E-state index contributed by atoms with van der Waals surface area (Å²) in [6.07, 6.45) is 2.42. The minimum absolute atomic E-state index is 0.223. The lowest BCUT2D eigenvalue weighted by atomic mass is 10.1. The van der Waals surface area contributed by atoms with Crippen LogP contribution in [0.3, 0.4) is 0 Å². The van der Waals surface area contributed by atoms with Crippen molar-refractivity contribution < 1.29 is 4.79 Å². The first-order valence-electron chi connectivity index (χ1n) is 10.1. The molecular weight excluding hydrogens is 364 g/mol. The van der Waals surface area contributed by atoms with E-state index in [1.807, 2.05) is 49.4 Å². The van der Waals surface area contributed by atoms with Crippen molar-refractivity contribution in [3.63, 3.8) is 0 Å². The van der Waals surface area contributed by atoms with Gasteiger partial charge in [-0.05, 0) is 42.7 Å². The Morgan fingerprint density at radius 1 is 1.00 bits per heavy atom. The largest absolute Gasteiger partial charge is 0.368 e. The third-order valence-electron chi connectivity index (χ3n) is 4.98. The summed E-state index contributed by atoms with van der Waals surface area (Å²) in [6, 6.07) is 15.7. The molecule has 0 unspecified atom stereocenters. The maximum atomic E-state index is 12.2. The number of aromatic nitrogens is 2. The zero-order valence-corrected chi connectivity index (χ0v) is 16.6. The van der Waals surface area contributed by atoms with Gasteiger partial charge in [-0.2, -0.15) is 0 Å². The molecule has 0 spiro atoms. The molecule has 7 nitrogen and oxygen atoms in total. The fourth-order valence-electron chi connectivity index (χ4n) is 3.56. The van der Waals surface area contributed by atoms with Crippen LogP contribution in [0.2, 0.25) is 0 Å². The van der Waals surface area contributed by atoms with Crippen LogP contribution in [0.1, 0.15) is 18.7 Å². The fourth-order valence-corrected chi connectivity index (χ4v) is 3.56. The number of anilines is 3. The molecule has 29 heavy (non-hydrogen) atoms. The van der Waals surface area contributed by atoms with Crippen LogP contribution in [-0.4, -0.2) is 42.2 Å². The molecule has 7 heteroatoms. The molecule has 1 saturated heterocycles. The van der Waals surface area contributed by atoms with E-state index in [1.54, 1.807) is 0 Å². The SMILES string of the molecule is Cc1nc(NCCNC(=O)Nc2ccc3ccccc3c2)cc(N2CCCC2)n1. The van der Waals surface area contributed by atoms with Gasteiger partial charge in [-0.25, -0.2) is 14.8 Å². The summed E-state index contributed by atoms with van der Waals surface area (Å²) in [5, 5.41) is 11.3. The Morgan fingerprint density at radius 3 is 2.62 bits per heavy atom. The summed E-state index contributed by atoms with van der Waals surface area (Å²) in [5.74, 6) is 2.51. The predicted molar refractivity (Wildman–Crippen MR) is 118 cm³/mol. The minimum Gasteiger partial charge on any atom is -0.368 e. The van der Waals surface area contributed by atoms with Crippen molar-refractivity contribution in [3.8, 4) is 0 Å². The molecule has 0 bridgehead atoms. The molecule has 0 atom stereocenters. The molecule has 1 aliphatic heterocycles. The number of carbonyl (C=O) groups is 1. The van der Waals surface area contributed by atoms with Crippen LogP contribution >= 0.6 is 0 Å². The summed E-state index contributed by atoms with van der Waals surface area (Å²) >= 11 is 0. The quantitative estimate of drug-likeness (QED) is 0.558. The highest BCUT2D eigenvalue weighted by Gasteiger charge is 2.15. The number of amides is 2. The Morgan fingerprint density at radius 2 is 1.79 bits per heavy atom. The maximum Gasteiger partial charge on any atom is 0.319 e. The van der Waals surface area contributed by atoms with Crippen LogP contribution in [0.25, 0.3) is 10.8 Å². The third-order valence-corrected chi connectivity index (χ3v) is 4.98. The van der Waals surface area contributed by atoms with Gasteiger partial charge in [0.25, 0.3) is 0 Å². The van der Waals surface area contributed by atoms with Crippen molar-refractivity contribution in [2.75, 3.05) is 41.7 Å². The van der Waals surface area contributed by atoms with Crippen LogP contribution in [-0.2, 0) is 0 Å². The van der Waals surface area contributed by atoms with Crippen LogP contribution in [0.5, 0.6) is 0 Å². The molecule has 0 aliphatic carbocycles. The Bertz CT molecular complexity index is 1000. The lowest BCUT2D eigenvalue weighted by Gasteiger charge is -2.18. The van der Waals surface area contributed by atoms with Gasteiger partial charge < -0.3 is 20.9 Å². The van der Waals surface area contributed by atoms with E-state index in [9.17, 15) is 4.79 Å². The van der Waals surface area contributed by atoms with Crippen molar-refractivity contribution in [2.24, 2.45) is 0 Å². The van der Waals surface area contributed by atoms with E-state index in [2.05, 4.69) is 36.9 Å². The van der Waals surface area contributed by atoms with E-state index in [1.165, 1.54) is 12.8 Å². The van der Waals surface area contributed by atoms with Gasteiger partial charge >= 0.3 is 6.03 Å². The third kappa shape index (κ3) is 4.93. The van der Waals surface area contributed by atoms with E-state index < -0.39 is 0 Å². The second-order valence-corrected chi connectivity index (χ2v) is 7.22. The number of hydrogen-bond acceptors (Lipinski definition) is 5. The van der Waals surface area contributed by atoms with Gasteiger partial charge in [-0.3, -0.25) is 0 Å². The number of nitrogens with zero attached hydrogens (tertiary/aromatic N) is 3. The van der Waals surface area contributed by atoms with Crippen LogP contribution in [0.15, 0.2) is 48.5 Å². The average molecular weight is 390 g/mol. The molecular formula is C22H26N6O. The summed E-state index contributed by atoms with van der Waals surface area (Å²) < 4.78 is 0. The first kappa shape index (κ1) is 19.0. The van der Waals surface area contributed by atoms with Gasteiger partial charge in [0.05, 0.1) is 0 Å². The Kier molecular flexibility index (Phi) is 5.74. The number of fused-ring (bicyclic) bond motifs is 1. The first-order chi connectivity index (χ1) is 14.2. The number of carbonyl (C=O) groups excluding carboxylic acids is 1. The van der Waals surface area contributed by atoms with Crippen LogP contribution < -0.4 is 20.9 Å². The topological polar surface area (TPSA) is 82.2 Å². The number of aryl methyl sites for hydroxylation is 1. The van der Waals surface area contributed by atoms with Crippen molar-refractivity contribution in [2.45, 2.75) is 19.8 Å². The molecule has 4 rings (SSSR count). The van der Waals surface area contributed by atoms with Gasteiger partial charge in [0.15, 0.2) is 0 Å². The smallest absolute Gasteiger partial charge is 0.319 e.